The van der Waals surface area contributed by atoms with E-state index in [1.165, 1.54) is 12.1 Å². The lowest BCUT2D eigenvalue weighted by Gasteiger charge is -2.09. The first-order valence-corrected chi connectivity index (χ1v) is 6.80. The lowest BCUT2D eigenvalue weighted by Crippen LogP contribution is -2.04. The largest absolute Gasteiger partial charge is 0.416 e. The summed E-state index contributed by atoms with van der Waals surface area (Å²) in [5.41, 5.74) is 7.13. The molecule has 1 nitrogen and oxygen atoms in total. The van der Waals surface area contributed by atoms with Gasteiger partial charge in [0.25, 0.3) is 0 Å². The first-order valence-electron chi connectivity index (χ1n) is 5.21. The van der Waals surface area contributed by atoms with Gasteiger partial charge >= 0.3 is 6.18 Å². The number of nitrogens with two attached hydrogens (primary N) is 1. The molecule has 2 aromatic rings. The van der Waals surface area contributed by atoms with Gasteiger partial charge in [0.05, 0.1) is 11.3 Å². The summed E-state index contributed by atoms with van der Waals surface area (Å²) in [6.07, 6.45) is -4.32. The second-order valence-electron chi connectivity index (χ2n) is 3.93. The number of hydrogen-bond donors (Lipinski definition) is 1. The van der Waals surface area contributed by atoms with Crippen LogP contribution in [0.25, 0.3) is 11.1 Å². The molecular weight excluding hydrogens is 387 g/mol. The van der Waals surface area contributed by atoms with E-state index in [4.69, 9.17) is 5.73 Å². The third-order valence-corrected chi connectivity index (χ3v) is 3.94. The predicted octanol–water partition coefficient (Wildman–Crippen LogP) is 5.48. The minimum absolute atomic E-state index is 0.552. The molecule has 0 unspecified atom stereocenters. The third kappa shape index (κ3) is 3.12. The number of anilines is 1. The van der Waals surface area contributed by atoms with Gasteiger partial charge in [-0.05, 0) is 67.3 Å². The summed E-state index contributed by atoms with van der Waals surface area (Å²) in [4.78, 5) is 0. The van der Waals surface area contributed by atoms with Crippen molar-refractivity contribution in [3.8, 4) is 11.1 Å². The topological polar surface area (TPSA) is 26.0 Å². The molecule has 19 heavy (non-hydrogen) atoms. The van der Waals surface area contributed by atoms with Crippen LogP contribution in [0.2, 0.25) is 0 Å². The van der Waals surface area contributed by atoms with E-state index in [9.17, 15) is 13.2 Å². The Morgan fingerprint density at radius 1 is 0.842 bits per heavy atom. The van der Waals surface area contributed by atoms with Crippen molar-refractivity contribution in [2.75, 3.05) is 5.73 Å². The van der Waals surface area contributed by atoms with Crippen LogP contribution in [-0.2, 0) is 6.18 Å². The summed E-state index contributed by atoms with van der Waals surface area (Å²) in [6, 6.07) is 8.53. The van der Waals surface area contributed by atoms with Gasteiger partial charge in [-0.2, -0.15) is 13.2 Å². The summed E-state index contributed by atoms with van der Waals surface area (Å²) in [6.45, 7) is 0. The van der Waals surface area contributed by atoms with Gasteiger partial charge in [-0.1, -0.05) is 12.1 Å². The maximum Gasteiger partial charge on any atom is 0.416 e. The number of nitrogen functional groups attached to an aromatic ring is 1. The lowest BCUT2D eigenvalue weighted by atomic mass is 10.0. The second kappa shape index (κ2) is 5.17. The summed E-state index contributed by atoms with van der Waals surface area (Å²) in [5.74, 6) is 0. The molecule has 0 heterocycles. The fourth-order valence-electron chi connectivity index (χ4n) is 1.60. The highest BCUT2D eigenvalue weighted by Gasteiger charge is 2.29. The Kier molecular flexibility index (Phi) is 3.92. The molecule has 100 valence electrons. The maximum absolute atomic E-state index is 12.5. The molecule has 2 rings (SSSR count). The van der Waals surface area contributed by atoms with Gasteiger partial charge in [0.1, 0.15) is 0 Å². The average Bonchev–Trinajstić information content (AvgIpc) is 2.34. The van der Waals surface area contributed by atoms with Gasteiger partial charge in [0, 0.05) is 8.95 Å². The number of hydrogen-bond acceptors (Lipinski definition) is 1. The van der Waals surface area contributed by atoms with Gasteiger partial charge in [0.15, 0.2) is 0 Å². The molecule has 0 amide bonds. The quantitative estimate of drug-likeness (QED) is 0.636. The highest BCUT2D eigenvalue weighted by Crippen LogP contribution is 2.35. The molecule has 0 radical (unpaired) electrons. The molecule has 0 atom stereocenters. The average molecular weight is 395 g/mol. The highest BCUT2D eigenvalue weighted by atomic mass is 79.9. The molecule has 0 fully saturated rings. The molecule has 2 aromatic carbocycles. The van der Waals surface area contributed by atoms with Crippen LogP contribution < -0.4 is 5.73 Å². The van der Waals surface area contributed by atoms with Crippen molar-refractivity contribution < 1.29 is 13.2 Å². The summed E-state index contributed by atoms with van der Waals surface area (Å²) >= 11 is 6.61. The molecule has 0 aromatic heterocycles. The Morgan fingerprint density at radius 2 is 1.32 bits per heavy atom. The van der Waals surface area contributed by atoms with E-state index >= 15 is 0 Å². The molecule has 0 aliphatic carbocycles. The summed E-state index contributed by atoms with van der Waals surface area (Å²) < 4.78 is 38.8. The van der Waals surface area contributed by atoms with Gasteiger partial charge in [-0.3, -0.25) is 0 Å². The molecule has 0 saturated carbocycles. The van der Waals surface area contributed by atoms with Crippen LogP contribution in [-0.4, -0.2) is 0 Å². The second-order valence-corrected chi connectivity index (χ2v) is 5.64. The summed E-state index contributed by atoms with van der Waals surface area (Å²) in [7, 11) is 0. The smallest absolute Gasteiger partial charge is 0.397 e. The van der Waals surface area contributed by atoms with Crippen molar-refractivity contribution in [2.24, 2.45) is 0 Å². The van der Waals surface area contributed by atoms with E-state index < -0.39 is 11.7 Å². The van der Waals surface area contributed by atoms with Crippen LogP contribution in [0.15, 0.2) is 45.3 Å². The zero-order valence-corrected chi connectivity index (χ0v) is 12.6. The van der Waals surface area contributed by atoms with Crippen LogP contribution >= 0.6 is 31.9 Å². The van der Waals surface area contributed by atoms with Gasteiger partial charge in [-0.15, -0.1) is 0 Å². The standard InChI is InChI=1S/C13H8Br2F3N/c14-10-5-8(6-11(15)12(10)19)7-1-3-9(4-2-7)13(16,17)18/h1-6H,19H2. The van der Waals surface area contributed by atoms with E-state index in [1.807, 2.05) is 0 Å². The number of halogens is 5. The molecule has 6 heteroatoms. The fourth-order valence-corrected chi connectivity index (χ4v) is 2.79. The predicted molar refractivity (Wildman–Crippen MR) is 76.7 cm³/mol. The Bertz CT molecular complexity index is 583. The molecule has 0 saturated heterocycles. The molecule has 0 aliphatic rings. The van der Waals surface area contributed by atoms with Crippen LogP contribution in [0.5, 0.6) is 0 Å². The van der Waals surface area contributed by atoms with Crippen molar-refractivity contribution >= 4 is 37.5 Å². The number of benzene rings is 2. The van der Waals surface area contributed by atoms with E-state index in [1.54, 1.807) is 12.1 Å². The third-order valence-electron chi connectivity index (χ3n) is 2.62. The zero-order valence-electron chi connectivity index (χ0n) is 9.43. The van der Waals surface area contributed by atoms with Gasteiger partial charge in [0.2, 0.25) is 0 Å². The molecule has 2 N–H and O–H groups in total. The normalized spacial score (nSPS) is 11.6. The lowest BCUT2D eigenvalue weighted by molar-refractivity contribution is -0.137. The van der Waals surface area contributed by atoms with E-state index in [0.717, 1.165) is 17.7 Å². The monoisotopic (exact) mass is 393 g/mol. The maximum atomic E-state index is 12.5. The van der Waals surface area contributed by atoms with Crippen LogP contribution in [0.4, 0.5) is 18.9 Å². The van der Waals surface area contributed by atoms with Crippen molar-refractivity contribution in [1.29, 1.82) is 0 Å². The summed E-state index contributed by atoms with van der Waals surface area (Å²) in [5, 5.41) is 0. The van der Waals surface area contributed by atoms with Crippen LogP contribution in [0.3, 0.4) is 0 Å². The first-order chi connectivity index (χ1) is 8.79. The number of rotatable bonds is 1. The SMILES string of the molecule is Nc1c(Br)cc(-c2ccc(C(F)(F)F)cc2)cc1Br. The van der Waals surface area contributed by atoms with Gasteiger partial charge < -0.3 is 5.73 Å². The zero-order chi connectivity index (χ0) is 14.2. The Labute approximate surface area is 124 Å². The van der Waals surface area contributed by atoms with Crippen molar-refractivity contribution in [3.05, 3.63) is 50.9 Å². The van der Waals surface area contributed by atoms with Crippen molar-refractivity contribution in [1.82, 2.24) is 0 Å². The minimum Gasteiger partial charge on any atom is -0.397 e. The van der Waals surface area contributed by atoms with Crippen molar-refractivity contribution in [3.63, 3.8) is 0 Å². The fraction of sp³-hybridized carbons (Fsp3) is 0.0769. The first kappa shape index (κ1) is 14.4. The van der Waals surface area contributed by atoms with Crippen molar-refractivity contribution in [2.45, 2.75) is 6.18 Å². The van der Waals surface area contributed by atoms with Crippen LogP contribution in [0.1, 0.15) is 5.56 Å². The molecule has 0 spiro atoms. The molecule has 0 bridgehead atoms. The van der Waals surface area contributed by atoms with E-state index in [-0.39, 0.29) is 0 Å². The number of alkyl halides is 3. The van der Waals surface area contributed by atoms with E-state index in [0.29, 0.717) is 20.2 Å². The Morgan fingerprint density at radius 3 is 1.74 bits per heavy atom. The molecule has 0 aliphatic heterocycles. The highest BCUT2D eigenvalue weighted by molar-refractivity contribution is 9.11. The molecular formula is C13H8Br2F3N. The van der Waals surface area contributed by atoms with Crippen LogP contribution in [0, 0.1) is 0 Å². The minimum atomic E-state index is -4.32. The van der Waals surface area contributed by atoms with E-state index in [2.05, 4.69) is 31.9 Å². The Balaban J connectivity index is 2.43. The van der Waals surface area contributed by atoms with Gasteiger partial charge in [-0.25, -0.2) is 0 Å². The Hall–Kier alpha value is -1.01.